The number of allylic oxidation sites excluding steroid dienone is 1. The van der Waals surface area contributed by atoms with Crippen molar-refractivity contribution in [3.63, 3.8) is 0 Å². The maximum absolute atomic E-state index is 6.47. The summed E-state index contributed by atoms with van der Waals surface area (Å²) in [6.07, 6.45) is 7.18. The van der Waals surface area contributed by atoms with E-state index in [0.717, 1.165) is 25.0 Å². The number of hydrogen-bond acceptors (Lipinski definition) is 2. The fraction of sp³-hybridized carbons (Fsp3) is 0.667. The van der Waals surface area contributed by atoms with Gasteiger partial charge < -0.3 is 11.5 Å². The maximum Gasteiger partial charge on any atom is 0.0452 e. The second kappa shape index (κ2) is 4.18. The van der Waals surface area contributed by atoms with Crippen LogP contribution in [0.2, 0.25) is 0 Å². The Balaban J connectivity index is 3.12. The molecule has 1 rings (SSSR count). The van der Waals surface area contributed by atoms with Crippen LogP contribution >= 0.6 is 0 Å². The van der Waals surface area contributed by atoms with E-state index in [1.807, 2.05) is 6.08 Å². The van der Waals surface area contributed by atoms with Crippen LogP contribution in [0.25, 0.3) is 0 Å². The minimum atomic E-state index is -0.206. The van der Waals surface area contributed by atoms with Crippen LogP contribution in [0.1, 0.15) is 40.0 Å². The van der Waals surface area contributed by atoms with Crippen molar-refractivity contribution in [2.45, 2.75) is 45.6 Å². The molecule has 0 saturated carbocycles. The topological polar surface area (TPSA) is 52.0 Å². The van der Waals surface area contributed by atoms with Gasteiger partial charge in [0.2, 0.25) is 0 Å². The van der Waals surface area contributed by atoms with Crippen LogP contribution in [0.3, 0.4) is 0 Å². The quantitative estimate of drug-likeness (QED) is 0.724. The Morgan fingerprint density at radius 1 is 1.36 bits per heavy atom. The van der Waals surface area contributed by atoms with Crippen LogP contribution in [0.4, 0.5) is 0 Å². The molecule has 0 radical (unpaired) electrons. The standard InChI is InChI=1S/C12H22N2/c1-4-9-7-8-11(13)10(5-2)12(9,14)6-3/h7-9H,4-6,13-14H2,1-3H3. The van der Waals surface area contributed by atoms with E-state index in [-0.39, 0.29) is 5.54 Å². The predicted octanol–water partition coefficient (Wildman–Crippen LogP) is 2.31. The summed E-state index contributed by atoms with van der Waals surface area (Å²) in [5.41, 5.74) is 14.3. The van der Waals surface area contributed by atoms with Gasteiger partial charge in [-0.2, -0.15) is 0 Å². The van der Waals surface area contributed by atoms with Crippen molar-refractivity contribution in [2.75, 3.05) is 0 Å². The van der Waals surface area contributed by atoms with Crippen LogP contribution in [-0.4, -0.2) is 5.54 Å². The largest absolute Gasteiger partial charge is 0.399 e. The van der Waals surface area contributed by atoms with Crippen LogP contribution in [0.5, 0.6) is 0 Å². The molecular weight excluding hydrogens is 172 g/mol. The molecule has 80 valence electrons. The van der Waals surface area contributed by atoms with Crippen molar-refractivity contribution >= 4 is 0 Å². The Morgan fingerprint density at radius 3 is 2.43 bits per heavy atom. The van der Waals surface area contributed by atoms with E-state index in [2.05, 4.69) is 26.8 Å². The van der Waals surface area contributed by atoms with Crippen molar-refractivity contribution in [3.05, 3.63) is 23.4 Å². The number of nitrogens with two attached hydrogens (primary N) is 2. The lowest BCUT2D eigenvalue weighted by Crippen LogP contribution is -2.49. The average Bonchev–Trinajstić information content (AvgIpc) is 2.18. The molecule has 1 aliphatic carbocycles. The third-order valence-electron chi connectivity index (χ3n) is 3.46. The van der Waals surface area contributed by atoms with E-state index in [9.17, 15) is 0 Å². The molecule has 4 N–H and O–H groups in total. The molecule has 0 fully saturated rings. The summed E-state index contributed by atoms with van der Waals surface area (Å²) in [6, 6.07) is 0. The summed E-state index contributed by atoms with van der Waals surface area (Å²) in [5.74, 6) is 0.440. The molecule has 1 aliphatic rings. The molecule has 2 atom stereocenters. The molecule has 0 aliphatic heterocycles. The molecule has 0 saturated heterocycles. The van der Waals surface area contributed by atoms with E-state index >= 15 is 0 Å². The van der Waals surface area contributed by atoms with Gasteiger partial charge in [-0.15, -0.1) is 0 Å². The lowest BCUT2D eigenvalue weighted by molar-refractivity contribution is 0.338. The number of hydrogen-bond donors (Lipinski definition) is 2. The molecule has 0 amide bonds. The van der Waals surface area contributed by atoms with E-state index in [0.29, 0.717) is 5.92 Å². The molecule has 14 heavy (non-hydrogen) atoms. The van der Waals surface area contributed by atoms with Crippen molar-refractivity contribution in [1.82, 2.24) is 0 Å². The van der Waals surface area contributed by atoms with Gasteiger partial charge in [-0.25, -0.2) is 0 Å². The first-order valence-corrected chi connectivity index (χ1v) is 5.56. The van der Waals surface area contributed by atoms with Crippen molar-refractivity contribution in [2.24, 2.45) is 17.4 Å². The summed E-state index contributed by atoms with van der Waals surface area (Å²) in [7, 11) is 0. The molecule has 2 heteroatoms. The van der Waals surface area contributed by atoms with Crippen LogP contribution in [0, 0.1) is 5.92 Å². The third-order valence-corrected chi connectivity index (χ3v) is 3.46. The van der Waals surface area contributed by atoms with Gasteiger partial charge >= 0.3 is 0 Å². The summed E-state index contributed by atoms with van der Waals surface area (Å²) in [6.45, 7) is 6.46. The highest BCUT2D eigenvalue weighted by molar-refractivity contribution is 5.37. The van der Waals surface area contributed by atoms with Crippen LogP contribution in [0.15, 0.2) is 23.4 Å². The molecule has 0 spiro atoms. The zero-order chi connectivity index (χ0) is 10.8. The van der Waals surface area contributed by atoms with E-state index in [4.69, 9.17) is 11.5 Å². The molecule has 0 heterocycles. The van der Waals surface area contributed by atoms with Gasteiger partial charge in [0, 0.05) is 11.2 Å². The van der Waals surface area contributed by atoms with Gasteiger partial charge in [-0.3, -0.25) is 0 Å². The zero-order valence-corrected chi connectivity index (χ0v) is 9.51. The molecular formula is C12H22N2. The van der Waals surface area contributed by atoms with Gasteiger partial charge in [0.15, 0.2) is 0 Å². The fourth-order valence-electron chi connectivity index (χ4n) is 2.49. The Bertz CT molecular complexity index is 265. The Kier molecular flexibility index (Phi) is 3.38. The summed E-state index contributed by atoms with van der Waals surface area (Å²) >= 11 is 0. The highest BCUT2D eigenvalue weighted by Gasteiger charge is 2.36. The minimum Gasteiger partial charge on any atom is -0.399 e. The lowest BCUT2D eigenvalue weighted by Gasteiger charge is -2.40. The Hall–Kier alpha value is -0.760. The zero-order valence-electron chi connectivity index (χ0n) is 9.51. The lowest BCUT2D eigenvalue weighted by atomic mass is 9.71. The molecule has 0 aromatic carbocycles. The summed E-state index contributed by atoms with van der Waals surface area (Å²) in [4.78, 5) is 0. The molecule has 0 bridgehead atoms. The average molecular weight is 194 g/mol. The summed E-state index contributed by atoms with van der Waals surface area (Å²) < 4.78 is 0. The third kappa shape index (κ3) is 1.59. The monoisotopic (exact) mass is 194 g/mol. The first-order chi connectivity index (χ1) is 6.60. The highest BCUT2D eigenvalue weighted by Crippen LogP contribution is 2.36. The minimum absolute atomic E-state index is 0.206. The first kappa shape index (κ1) is 11.3. The van der Waals surface area contributed by atoms with Gasteiger partial charge in [-0.1, -0.05) is 26.8 Å². The molecule has 2 nitrogen and oxygen atoms in total. The Labute approximate surface area is 87.0 Å². The predicted molar refractivity (Wildman–Crippen MR) is 61.6 cm³/mol. The fourth-order valence-corrected chi connectivity index (χ4v) is 2.49. The smallest absolute Gasteiger partial charge is 0.0452 e. The van der Waals surface area contributed by atoms with Gasteiger partial charge in [-0.05, 0) is 36.8 Å². The Morgan fingerprint density at radius 2 is 2.00 bits per heavy atom. The highest BCUT2D eigenvalue weighted by atomic mass is 14.8. The molecule has 0 aromatic rings. The van der Waals surface area contributed by atoms with Crippen LogP contribution in [-0.2, 0) is 0 Å². The SMILES string of the molecule is CCC1=C(N)C=CC(CC)C1(N)CC. The van der Waals surface area contributed by atoms with Crippen molar-refractivity contribution in [1.29, 1.82) is 0 Å². The normalized spacial score (nSPS) is 32.4. The van der Waals surface area contributed by atoms with E-state index in [1.54, 1.807) is 0 Å². The van der Waals surface area contributed by atoms with Gasteiger partial charge in [0.05, 0.1) is 0 Å². The van der Waals surface area contributed by atoms with E-state index < -0.39 is 0 Å². The van der Waals surface area contributed by atoms with Crippen molar-refractivity contribution < 1.29 is 0 Å². The maximum atomic E-state index is 6.47. The van der Waals surface area contributed by atoms with Gasteiger partial charge in [0.1, 0.15) is 0 Å². The summed E-state index contributed by atoms with van der Waals surface area (Å²) in [5, 5.41) is 0. The van der Waals surface area contributed by atoms with Gasteiger partial charge in [0.25, 0.3) is 0 Å². The van der Waals surface area contributed by atoms with Crippen molar-refractivity contribution in [3.8, 4) is 0 Å². The first-order valence-electron chi connectivity index (χ1n) is 5.56. The number of rotatable bonds is 3. The second-order valence-corrected chi connectivity index (χ2v) is 4.06. The van der Waals surface area contributed by atoms with E-state index in [1.165, 1.54) is 5.57 Å². The molecule has 2 unspecified atom stereocenters. The molecule has 0 aromatic heterocycles. The van der Waals surface area contributed by atoms with Crippen LogP contribution < -0.4 is 11.5 Å². The second-order valence-electron chi connectivity index (χ2n) is 4.06.